The molecular weight excluding hydrogens is 146 g/mol. The molecule has 1 nitrogen and oxygen atoms in total. The van der Waals surface area contributed by atoms with Crippen LogP contribution in [0, 0.1) is 6.42 Å². The van der Waals surface area contributed by atoms with E-state index in [4.69, 9.17) is 11.6 Å². The van der Waals surface area contributed by atoms with Crippen LogP contribution in [0.4, 0.5) is 5.69 Å². The Bertz CT molecular complexity index is 257. The fourth-order valence-electron chi connectivity index (χ4n) is 1.13. The Morgan fingerprint density at radius 3 is 3.20 bits per heavy atom. The molecule has 0 bridgehead atoms. The summed E-state index contributed by atoms with van der Waals surface area (Å²) in [7, 11) is 0. The highest BCUT2D eigenvalue weighted by atomic mass is 35.5. The van der Waals surface area contributed by atoms with Gasteiger partial charge in [-0.25, -0.2) is 0 Å². The summed E-state index contributed by atoms with van der Waals surface area (Å²) in [6, 6.07) is 5.87. The summed E-state index contributed by atoms with van der Waals surface area (Å²) in [4.78, 5) is 0. The average Bonchev–Trinajstić information content (AvgIpc) is 2.33. The topological polar surface area (TPSA) is 12.0 Å². The smallest absolute Gasteiger partial charge is 0.0410 e. The Labute approximate surface area is 65.0 Å². The zero-order valence-electron chi connectivity index (χ0n) is 5.39. The third-order valence-electron chi connectivity index (χ3n) is 1.63. The van der Waals surface area contributed by atoms with Crippen LogP contribution in [0.5, 0.6) is 0 Å². The minimum atomic E-state index is 0.804. The summed E-state index contributed by atoms with van der Waals surface area (Å²) < 4.78 is 0. The highest BCUT2D eigenvalue weighted by Crippen LogP contribution is 2.25. The van der Waals surface area contributed by atoms with Gasteiger partial charge in [-0.15, -0.1) is 0 Å². The van der Waals surface area contributed by atoms with Crippen LogP contribution in [-0.4, -0.2) is 6.54 Å². The Kier molecular flexibility index (Phi) is 1.31. The standard InChI is InChI=1S/C8H7ClN/c9-7-1-2-8-6(5-7)3-4-10-8/h1-3,5,10H,4H2. The fourth-order valence-corrected chi connectivity index (χ4v) is 1.31. The van der Waals surface area contributed by atoms with Crippen LogP contribution < -0.4 is 5.32 Å². The van der Waals surface area contributed by atoms with Gasteiger partial charge in [0.25, 0.3) is 0 Å². The van der Waals surface area contributed by atoms with Crippen LogP contribution in [0.15, 0.2) is 18.2 Å². The van der Waals surface area contributed by atoms with Gasteiger partial charge in [0.15, 0.2) is 0 Å². The van der Waals surface area contributed by atoms with Gasteiger partial charge in [0.2, 0.25) is 0 Å². The second kappa shape index (κ2) is 2.17. The van der Waals surface area contributed by atoms with E-state index in [1.165, 1.54) is 11.3 Å². The number of benzene rings is 1. The van der Waals surface area contributed by atoms with Gasteiger partial charge in [0, 0.05) is 23.7 Å². The van der Waals surface area contributed by atoms with Gasteiger partial charge in [0.05, 0.1) is 0 Å². The van der Waals surface area contributed by atoms with Gasteiger partial charge < -0.3 is 5.32 Å². The van der Waals surface area contributed by atoms with Crippen molar-refractivity contribution >= 4 is 17.3 Å². The average molecular weight is 153 g/mol. The van der Waals surface area contributed by atoms with Crippen LogP contribution in [-0.2, 0) is 0 Å². The summed E-state index contributed by atoms with van der Waals surface area (Å²) in [5, 5.41) is 4.02. The lowest BCUT2D eigenvalue weighted by Gasteiger charge is -1.97. The van der Waals surface area contributed by atoms with Crippen molar-refractivity contribution in [3.63, 3.8) is 0 Å². The molecule has 51 valence electrons. The van der Waals surface area contributed by atoms with Crippen LogP contribution in [0.1, 0.15) is 5.56 Å². The van der Waals surface area contributed by atoms with Crippen LogP contribution >= 0.6 is 11.6 Å². The number of halogens is 1. The molecule has 1 radical (unpaired) electrons. The molecule has 1 aromatic rings. The maximum absolute atomic E-state index is 5.78. The summed E-state index contributed by atoms with van der Waals surface area (Å²) in [6.07, 6.45) is 2.13. The third-order valence-corrected chi connectivity index (χ3v) is 1.86. The molecule has 0 amide bonds. The Morgan fingerprint density at radius 1 is 1.40 bits per heavy atom. The second-order valence-corrected chi connectivity index (χ2v) is 2.75. The van der Waals surface area contributed by atoms with E-state index in [-0.39, 0.29) is 0 Å². The highest BCUT2D eigenvalue weighted by Gasteiger charge is 2.08. The number of hydrogen-bond donors (Lipinski definition) is 1. The molecule has 1 aromatic carbocycles. The number of rotatable bonds is 0. The molecular formula is C8H7ClN. The first-order valence-corrected chi connectivity index (χ1v) is 3.61. The third kappa shape index (κ3) is 0.868. The maximum atomic E-state index is 5.78. The van der Waals surface area contributed by atoms with Crippen LogP contribution in [0.2, 0.25) is 5.02 Å². The predicted octanol–water partition coefficient (Wildman–Crippen LogP) is 2.32. The fraction of sp³-hybridized carbons (Fsp3) is 0.125. The minimum absolute atomic E-state index is 0.804. The first-order valence-electron chi connectivity index (χ1n) is 3.23. The van der Waals surface area contributed by atoms with Crippen molar-refractivity contribution in [1.29, 1.82) is 0 Å². The van der Waals surface area contributed by atoms with E-state index in [9.17, 15) is 0 Å². The summed E-state index contributed by atoms with van der Waals surface area (Å²) in [6.45, 7) is 0.926. The van der Waals surface area contributed by atoms with Crippen molar-refractivity contribution < 1.29 is 0 Å². The minimum Gasteiger partial charge on any atom is -0.384 e. The van der Waals surface area contributed by atoms with E-state index in [0.717, 1.165) is 11.6 Å². The number of nitrogens with one attached hydrogen (secondary N) is 1. The van der Waals surface area contributed by atoms with E-state index in [1.807, 2.05) is 18.2 Å². The van der Waals surface area contributed by atoms with Crippen molar-refractivity contribution in [1.82, 2.24) is 0 Å². The van der Waals surface area contributed by atoms with Gasteiger partial charge in [-0.05, 0) is 23.8 Å². The molecule has 0 saturated carbocycles. The largest absolute Gasteiger partial charge is 0.384 e. The summed E-state index contributed by atoms with van der Waals surface area (Å²) in [5.41, 5.74) is 2.40. The molecule has 1 heterocycles. The van der Waals surface area contributed by atoms with Crippen molar-refractivity contribution in [2.45, 2.75) is 0 Å². The molecule has 1 N–H and O–H groups in total. The summed E-state index contributed by atoms with van der Waals surface area (Å²) >= 11 is 5.78. The summed E-state index contributed by atoms with van der Waals surface area (Å²) in [5.74, 6) is 0. The molecule has 0 saturated heterocycles. The van der Waals surface area contributed by atoms with E-state index in [1.54, 1.807) is 0 Å². The van der Waals surface area contributed by atoms with Crippen molar-refractivity contribution in [2.24, 2.45) is 0 Å². The number of hydrogen-bond acceptors (Lipinski definition) is 1. The Hall–Kier alpha value is -0.690. The lowest BCUT2D eigenvalue weighted by Crippen LogP contribution is -1.89. The molecule has 0 aromatic heterocycles. The van der Waals surface area contributed by atoms with Crippen LogP contribution in [0.3, 0.4) is 0 Å². The Balaban J connectivity index is 2.52. The van der Waals surface area contributed by atoms with E-state index < -0.39 is 0 Å². The van der Waals surface area contributed by atoms with Gasteiger partial charge in [-0.3, -0.25) is 0 Å². The zero-order chi connectivity index (χ0) is 6.97. The highest BCUT2D eigenvalue weighted by molar-refractivity contribution is 6.30. The molecule has 1 aliphatic rings. The molecule has 0 unspecified atom stereocenters. The molecule has 0 aliphatic carbocycles. The maximum Gasteiger partial charge on any atom is 0.0410 e. The Morgan fingerprint density at radius 2 is 2.30 bits per heavy atom. The zero-order valence-corrected chi connectivity index (χ0v) is 6.15. The van der Waals surface area contributed by atoms with Gasteiger partial charge in [-0.2, -0.15) is 0 Å². The van der Waals surface area contributed by atoms with Crippen molar-refractivity contribution in [2.75, 3.05) is 11.9 Å². The van der Waals surface area contributed by atoms with Gasteiger partial charge in [-0.1, -0.05) is 11.6 Å². The molecule has 2 rings (SSSR count). The van der Waals surface area contributed by atoms with E-state index in [2.05, 4.69) is 11.7 Å². The van der Waals surface area contributed by atoms with Crippen molar-refractivity contribution in [3.05, 3.63) is 35.2 Å². The van der Waals surface area contributed by atoms with Gasteiger partial charge >= 0.3 is 0 Å². The predicted molar refractivity (Wildman–Crippen MR) is 43.3 cm³/mol. The quantitative estimate of drug-likeness (QED) is 0.602. The monoisotopic (exact) mass is 152 g/mol. The molecule has 0 spiro atoms. The molecule has 2 heteroatoms. The molecule has 0 fully saturated rings. The first-order chi connectivity index (χ1) is 4.86. The lowest BCUT2D eigenvalue weighted by molar-refractivity contribution is 1.35. The first kappa shape index (κ1) is 6.05. The van der Waals surface area contributed by atoms with E-state index >= 15 is 0 Å². The number of anilines is 1. The second-order valence-electron chi connectivity index (χ2n) is 2.32. The lowest BCUT2D eigenvalue weighted by atomic mass is 10.2. The molecule has 10 heavy (non-hydrogen) atoms. The normalized spacial score (nSPS) is 14.5. The van der Waals surface area contributed by atoms with E-state index in [0.29, 0.717) is 0 Å². The SMILES string of the molecule is Clc1ccc2c(c1)[CH]CN2. The van der Waals surface area contributed by atoms with Crippen molar-refractivity contribution in [3.8, 4) is 0 Å². The van der Waals surface area contributed by atoms with Crippen LogP contribution in [0.25, 0.3) is 0 Å². The number of fused-ring (bicyclic) bond motifs is 1. The molecule has 0 atom stereocenters. The van der Waals surface area contributed by atoms with Gasteiger partial charge in [0.1, 0.15) is 0 Å². The molecule has 1 aliphatic heterocycles.